The lowest BCUT2D eigenvalue weighted by molar-refractivity contribution is 0.326. The van der Waals surface area contributed by atoms with Crippen LogP contribution in [-0.4, -0.2) is 38.1 Å². The van der Waals surface area contributed by atoms with E-state index >= 15 is 0 Å². The van der Waals surface area contributed by atoms with E-state index in [0.717, 1.165) is 16.8 Å². The standard InChI is InChI=1S/C32H24FN5O3S/c1-3-17-41-26-15-9-21(18-27(26)40-2)10-16-29-34-32-38(35-29)31(39)28(42-32)19-23-20-37(25-7-5-4-6-8-25)36-30(23)22-11-13-24(33)14-12-22/h3-16,18-20H,1,17H2,2H3/b16-10+,28-19-. The van der Waals surface area contributed by atoms with Crippen molar-refractivity contribution < 1.29 is 13.9 Å². The first-order valence-corrected chi connectivity index (χ1v) is 13.8. The third-order valence-electron chi connectivity index (χ3n) is 6.33. The highest BCUT2D eigenvalue weighted by molar-refractivity contribution is 7.15. The number of rotatable bonds is 9. The summed E-state index contributed by atoms with van der Waals surface area (Å²) < 4.78 is 28.1. The first-order chi connectivity index (χ1) is 20.5. The highest BCUT2D eigenvalue weighted by Gasteiger charge is 2.14. The molecule has 0 unspecified atom stereocenters. The monoisotopic (exact) mass is 577 g/mol. The van der Waals surface area contributed by atoms with E-state index in [-0.39, 0.29) is 11.4 Å². The minimum absolute atomic E-state index is 0.287. The first-order valence-electron chi connectivity index (χ1n) is 12.9. The molecule has 0 aliphatic carbocycles. The molecule has 8 nitrogen and oxygen atoms in total. The summed E-state index contributed by atoms with van der Waals surface area (Å²) in [6, 6.07) is 21.3. The summed E-state index contributed by atoms with van der Waals surface area (Å²) >= 11 is 1.23. The van der Waals surface area contributed by atoms with E-state index in [9.17, 15) is 9.18 Å². The fraction of sp³-hybridized carbons (Fsp3) is 0.0625. The number of aromatic nitrogens is 5. The van der Waals surface area contributed by atoms with E-state index in [1.807, 2.05) is 60.8 Å². The number of hydrogen-bond donors (Lipinski definition) is 0. The molecule has 6 rings (SSSR count). The molecule has 0 N–H and O–H groups in total. The molecule has 0 atom stereocenters. The van der Waals surface area contributed by atoms with Gasteiger partial charge in [-0.1, -0.05) is 54.3 Å². The Morgan fingerprint density at radius 1 is 1.00 bits per heavy atom. The van der Waals surface area contributed by atoms with Crippen molar-refractivity contribution in [3.8, 4) is 28.4 Å². The third kappa shape index (κ3) is 5.48. The van der Waals surface area contributed by atoms with Gasteiger partial charge in [-0.15, -0.1) is 5.10 Å². The summed E-state index contributed by atoms with van der Waals surface area (Å²) in [5.74, 6) is 1.28. The van der Waals surface area contributed by atoms with E-state index in [1.165, 1.54) is 28.0 Å². The van der Waals surface area contributed by atoms with E-state index < -0.39 is 0 Å². The van der Waals surface area contributed by atoms with Crippen LogP contribution in [0, 0.1) is 5.82 Å². The number of thiazole rings is 1. The average molecular weight is 578 g/mol. The molecule has 0 saturated heterocycles. The Kier molecular flexibility index (Phi) is 7.44. The number of benzene rings is 3. The topological polar surface area (TPSA) is 83.5 Å². The van der Waals surface area contributed by atoms with Crippen molar-refractivity contribution in [3.05, 3.63) is 129 Å². The van der Waals surface area contributed by atoms with Gasteiger partial charge in [0.05, 0.1) is 17.3 Å². The maximum Gasteiger partial charge on any atom is 0.291 e. The second-order valence-electron chi connectivity index (χ2n) is 9.14. The molecule has 0 bridgehead atoms. The zero-order valence-corrected chi connectivity index (χ0v) is 23.3. The number of hydrogen-bond acceptors (Lipinski definition) is 7. The van der Waals surface area contributed by atoms with Crippen LogP contribution in [0.2, 0.25) is 0 Å². The third-order valence-corrected chi connectivity index (χ3v) is 7.29. The van der Waals surface area contributed by atoms with Crippen LogP contribution in [-0.2, 0) is 0 Å². The highest BCUT2D eigenvalue weighted by Crippen LogP contribution is 2.29. The molecule has 0 aliphatic rings. The van der Waals surface area contributed by atoms with Gasteiger partial charge >= 0.3 is 0 Å². The summed E-state index contributed by atoms with van der Waals surface area (Å²) in [6.07, 6.45) is 8.85. The predicted molar refractivity (Wildman–Crippen MR) is 162 cm³/mol. The molecule has 3 heterocycles. The van der Waals surface area contributed by atoms with Gasteiger partial charge in [-0.3, -0.25) is 4.79 Å². The second-order valence-corrected chi connectivity index (χ2v) is 10.2. The van der Waals surface area contributed by atoms with Gasteiger partial charge in [-0.25, -0.2) is 9.07 Å². The molecule has 0 amide bonds. The summed E-state index contributed by atoms with van der Waals surface area (Å²) in [5, 5.41) is 9.15. The predicted octanol–water partition coefficient (Wildman–Crippen LogP) is 5.43. The zero-order valence-electron chi connectivity index (χ0n) is 22.5. The van der Waals surface area contributed by atoms with E-state index in [1.54, 1.807) is 42.2 Å². The molecule has 10 heteroatoms. The van der Waals surface area contributed by atoms with Crippen LogP contribution in [0.1, 0.15) is 17.0 Å². The number of fused-ring (bicyclic) bond motifs is 1. The second kappa shape index (κ2) is 11.6. The van der Waals surface area contributed by atoms with Crippen LogP contribution in [0.3, 0.4) is 0 Å². The van der Waals surface area contributed by atoms with Gasteiger partial charge < -0.3 is 9.47 Å². The average Bonchev–Trinajstić information content (AvgIpc) is 3.70. The van der Waals surface area contributed by atoms with Gasteiger partial charge in [-0.05, 0) is 66.2 Å². The quantitative estimate of drug-likeness (QED) is 0.213. The summed E-state index contributed by atoms with van der Waals surface area (Å²) in [4.78, 5) is 18.3. The fourth-order valence-electron chi connectivity index (χ4n) is 4.33. The lowest BCUT2D eigenvalue weighted by Crippen LogP contribution is -2.23. The van der Waals surface area contributed by atoms with Gasteiger partial charge in [0.15, 0.2) is 17.3 Å². The minimum Gasteiger partial charge on any atom is -0.493 e. The number of para-hydroxylation sites is 1. The Morgan fingerprint density at radius 3 is 2.55 bits per heavy atom. The molecule has 3 aromatic heterocycles. The molecule has 3 aromatic carbocycles. The van der Waals surface area contributed by atoms with Gasteiger partial charge in [0, 0.05) is 17.3 Å². The zero-order chi connectivity index (χ0) is 29.1. The first kappa shape index (κ1) is 26.9. The number of ether oxygens (including phenoxy) is 2. The lowest BCUT2D eigenvalue weighted by atomic mass is 10.1. The maximum absolute atomic E-state index is 13.6. The number of halogens is 1. The Bertz CT molecular complexity index is 2030. The van der Waals surface area contributed by atoms with Crippen LogP contribution in [0.25, 0.3) is 40.1 Å². The van der Waals surface area contributed by atoms with Crippen molar-refractivity contribution in [2.24, 2.45) is 0 Å². The fourth-order valence-corrected chi connectivity index (χ4v) is 5.23. The Balaban J connectivity index is 1.33. The van der Waals surface area contributed by atoms with Crippen LogP contribution in [0.15, 0.2) is 96.4 Å². The van der Waals surface area contributed by atoms with Crippen LogP contribution in [0.5, 0.6) is 11.5 Å². The Labute approximate surface area is 243 Å². The Morgan fingerprint density at radius 2 is 1.81 bits per heavy atom. The van der Waals surface area contributed by atoms with Crippen molar-refractivity contribution in [2.45, 2.75) is 0 Å². The number of nitrogens with zero attached hydrogens (tertiary/aromatic N) is 5. The summed E-state index contributed by atoms with van der Waals surface area (Å²) in [6.45, 7) is 4.03. The molecule has 208 valence electrons. The normalized spacial score (nSPS) is 11.9. The molecular formula is C32H24FN5O3S. The maximum atomic E-state index is 13.6. The van der Waals surface area contributed by atoms with Crippen LogP contribution >= 0.6 is 11.3 Å². The lowest BCUT2D eigenvalue weighted by Gasteiger charge is -2.09. The Hall–Kier alpha value is -5.35. The molecular weight excluding hydrogens is 553 g/mol. The van der Waals surface area contributed by atoms with Crippen molar-refractivity contribution in [2.75, 3.05) is 13.7 Å². The largest absolute Gasteiger partial charge is 0.493 e. The molecule has 6 aromatic rings. The van der Waals surface area contributed by atoms with E-state index in [2.05, 4.69) is 16.7 Å². The van der Waals surface area contributed by atoms with Crippen molar-refractivity contribution in [1.29, 1.82) is 0 Å². The molecule has 0 fully saturated rings. The molecule has 0 radical (unpaired) electrons. The van der Waals surface area contributed by atoms with Crippen molar-refractivity contribution in [3.63, 3.8) is 0 Å². The molecule has 0 saturated carbocycles. The van der Waals surface area contributed by atoms with E-state index in [0.29, 0.717) is 44.7 Å². The van der Waals surface area contributed by atoms with Crippen molar-refractivity contribution >= 4 is 34.5 Å². The molecule has 42 heavy (non-hydrogen) atoms. The minimum atomic E-state index is -0.335. The molecule has 0 spiro atoms. The van der Waals surface area contributed by atoms with Gasteiger partial charge in [-0.2, -0.15) is 14.6 Å². The van der Waals surface area contributed by atoms with Gasteiger partial charge in [0.1, 0.15) is 18.1 Å². The number of methoxy groups -OCH3 is 1. The van der Waals surface area contributed by atoms with E-state index in [4.69, 9.17) is 14.6 Å². The SMILES string of the molecule is C=CCOc1ccc(/C=C/c2nc3s/c(=C\c4cn(-c5ccccc5)nc4-c4ccc(F)cc4)c(=O)n3n2)cc1OC. The molecule has 0 aliphatic heterocycles. The summed E-state index contributed by atoms with van der Waals surface area (Å²) in [5.41, 5.74) is 3.49. The van der Waals surface area contributed by atoms with Gasteiger partial charge in [0.25, 0.3) is 5.56 Å². The van der Waals surface area contributed by atoms with Crippen LogP contribution < -0.4 is 19.6 Å². The van der Waals surface area contributed by atoms with Gasteiger partial charge in [0.2, 0.25) is 4.96 Å². The van der Waals surface area contributed by atoms with Crippen molar-refractivity contribution in [1.82, 2.24) is 24.4 Å². The summed E-state index contributed by atoms with van der Waals surface area (Å²) in [7, 11) is 1.58. The highest BCUT2D eigenvalue weighted by atomic mass is 32.1. The smallest absolute Gasteiger partial charge is 0.291 e. The van der Waals surface area contributed by atoms with Crippen LogP contribution in [0.4, 0.5) is 4.39 Å².